The molecule has 1 aromatic heterocycles. The maximum atomic E-state index is 12.7. The van der Waals surface area contributed by atoms with E-state index in [4.69, 9.17) is 0 Å². The molecule has 3 aromatic rings. The molecular weight excluding hydrogens is 372 g/mol. The van der Waals surface area contributed by atoms with Gasteiger partial charge in [0.1, 0.15) is 12.4 Å². The molecule has 0 unspecified atom stereocenters. The van der Waals surface area contributed by atoms with Crippen LogP contribution in [0, 0.1) is 0 Å². The summed E-state index contributed by atoms with van der Waals surface area (Å²) < 4.78 is 1.95. The highest BCUT2D eigenvalue weighted by atomic mass is 32.2. The Balaban J connectivity index is 1.49. The van der Waals surface area contributed by atoms with Crippen LogP contribution in [0.25, 0.3) is 11.0 Å². The van der Waals surface area contributed by atoms with E-state index < -0.39 is 0 Å². The van der Waals surface area contributed by atoms with E-state index in [1.165, 1.54) is 0 Å². The lowest BCUT2D eigenvalue weighted by molar-refractivity contribution is -0.116. The third-order valence-electron chi connectivity index (χ3n) is 4.63. The van der Waals surface area contributed by atoms with Crippen LogP contribution in [0.15, 0.2) is 48.5 Å². The summed E-state index contributed by atoms with van der Waals surface area (Å²) in [4.78, 5) is 29.5. The number of aromatic nitrogens is 2. The average Bonchev–Trinajstić information content (AvgIpc) is 3.44. The van der Waals surface area contributed by atoms with Gasteiger partial charge in [0.15, 0.2) is 0 Å². The van der Waals surface area contributed by atoms with Crippen LogP contribution in [0.5, 0.6) is 0 Å². The molecule has 7 heteroatoms. The minimum Gasteiger partial charge on any atom is -0.349 e. The molecule has 2 N–H and O–H groups in total. The fraction of sp³-hybridized carbons (Fsp3) is 0.286. The van der Waals surface area contributed by atoms with Crippen molar-refractivity contribution in [3.05, 3.63) is 59.9 Å². The van der Waals surface area contributed by atoms with Crippen LogP contribution in [0.2, 0.25) is 0 Å². The molecule has 1 aliphatic rings. The van der Waals surface area contributed by atoms with Gasteiger partial charge in [0.25, 0.3) is 5.91 Å². The smallest absolute Gasteiger partial charge is 0.251 e. The lowest BCUT2D eigenvalue weighted by Gasteiger charge is -2.11. The first-order valence-electron chi connectivity index (χ1n) is 9.28. The van der Waals surface area contributed by atoms with Gasteiger partial charge in [0.2, 0.25) is 5.91 Å². The molecule has 4 rings (SSSR count). The van der Waals surface area contributed by atoms with E-state index >= 15 is 0 Å². The molecule has 1 fully saturated rings. The normalized spacial score (nSPS) is 13.5. The Hall–Kier alpha value is -2.80. The van der Waals surface area contributed by atoms with E-state index in [0.29, 0.717) is 17.3 Å². The largest absolute Gasteiger partial charge is 0.349 e. The quantitative estimate of drug-likeness (QED) is 0.644. The van der Waals surface area contributed by atoms with Gasteiger partial charge in [-0.1, -0.05) is 18.2 Å². The second kappa shape index (κ2) is 8.06. The van der Waals surface area contributed by atoms with Crippen LogP contribution in [-0.2, 0) is 17.1 Å². The van der Waals surface area contributed by atoms with E-state index in [0.717, 1.165) is 35.5 Å². The third-order valence-corrected chi connectivity index (χ3v) is 5.18. The second-order valence-electron chi connectivity index (χ2n) is 6.91. The van der Waals surface area contributed by atoms with Gasteiger partial charge in [-0.25, -0.2) is 4.98 Å². The first kappa shape index (κ1) is 18.6. The van der Waals surface area contributed by atoms with E-state index in [1.54, 1.807) is 36.0 Å². The van der Waals surface area contributed by atoms with Crippen LogP contribution in [0.4, 0.5) is 5.69 Å². The zero-order valence-electron chi connectivity index (χ0n) is 15.6. The monoisotopic (exact) mass is 394 g/mol. The first-order chi connectivity index (χ1) is 13.6. The van der Waals surface area contributed by atoms with Gasteiger partial charge in [0, 0.05) is 17.3 Å². The van der Waals surface area contributed by atoms with Crippen molar-refractivity contribution < 1.29 is 9.59 Å². The molecule has 0 saturated heterocycles. The predicted molar refractivity (Wildman–Crippen MR) is 113 cm³/mol. The van der Waals surface area contributed by atoms with Crippen molar-refractivity contribution in [3.8, 4) is 0 Å². The molecular formula is C21H22N4O2S. The summed E-state index contributed by atoms with van der Waals surface area (Å²) in [6, 6.07) is 15.2. The molecule has 1 aliphatic carbocycles. The number of nitrogens with one attached hydrogen (secondary N) is 2. The highest BCUT2D eigenvalue weighted by Gasteiger charge is 2.23. The second-order valence-corrected chi connectivity index (χ2v) is 7.78. The van der Waals surface area contributed by atoms with Crippen molar-refractivity contribution in [2.24, 2.45) is 0 Å². The van der Waals surface area contributed by atoms with Crippen molar-refractivity contribution in [1.82, 2.24) is 14.9 Å². The number of hydrogen-bond acceptors (Lipinski definition) is 4. The number of thioether (sulfide) groups is 1. The van der Waals surface area contributed by atoms with Gasteiger partial charge in [-0.15, -0.1) is 0 Å². The zero-order chi connectivity index (χ0) is 19.5. The first-order valence-corrected chi connectivity index (χ1v) is 10.7. The fourth-order valence-electron chi connectivity index (χ4n) is 3.12. The molecule has 0 aliphatic heterocycles. The SMILES string of the molecule is CSCc1nc2ccccc2n1CC(=O)Nc1cccc(C(=O)NC2CC2)c1. The summed E-state index contributed by atoms with van der Waals surface area (Å²) in [7, 11) is 0. The predicted octanol–water partition coefficient (Wildman–Crippen LogP) is 3.43. The van der Waals surface area contributed by atoms with Gasteiger partial charge < -0.3 is 15.2 Å². The lowest BCUT2D eigenvalue weighted by Crippen LogP contribution is -2.25. The fourth-order valence-corrected chi connectivity index (χ4v) is 3.60. The van der Waals surface area contributed by atoms with E-state index in [1.807, 2.05) is 35.1 Å². The van der Waals surface area contributed by atoms with Crippen LogP contribution in [0.1, 0.15) is 29.0 Å². The molecule has 1 saturated carbocycles. The summed E-state index contributed by atoms with van der Waals surface area (Å²) in [6.07, 6.45) is 4.10. The summed E-state index contributed by atoms with van der Waals surface area (Å²) in [5.41, 5.74) is 3.00. The van der Waals surface area contributed by atoms with Crippen molar-refractivity contribution in [2.75, 3.05) is 11.6 Å². The lowest BCUT2D eigenvalue weighted by atomic mass is 10.2. The van der Waals surface area contributed by atoms with Gasteiger partial charge in [0.05, 0.1) is 16.8 Å². The highest BCUT2D eigenvalue weighted by Crippen LogP contribution is 2.21. The molecule has 6 nitrogen and oxygen atoms in total. The number of fused-ring (bicyclic) bond motifs is 1. The molecule has 0 bridgehead atoms. The van der Waals surface area contributed by atoms with Crippen LogP contribution >= 0.6 is 11.8 Å². The van der Waals surface area contributed by atoms with E-state index in [9.17, 15) is 9.59 Å². The van der Waals surface area contributed by atoms with Crippen LogP contribution < -0.4 is 10.6 Å². The number of imidazole rings is 1. The molecule has 0 atom stereocenters. The number of carbonyl (C=O) groups excluding carboxylic acids is 2. The van der Waals surface area contributed by atoms with E-state index in [2.05, 4.69) is 15.6 Å². The van der Waals surface area contributed by atoms with Crippen molar-refractivity contribution in [3.63, 3.8) is 0 Å². The van der Waals surface area contributed by atoms with Gasteiger partial charge in [-0.2, -0.15) is 11.8 Å². The van der Waals surface area contributed by atoms with Crippen molar-refractivity contribution >= 4 is 40.3 Å². The van der Waals surface area contributed by atoms with Gasteiger partial charge >= 0.3 is 0 Å². The Kier molecular flexibility index (Phi) is 5.34. The Morgan fingerprint density at radius 3 is 2.79 bits per heavy atom. The average molecular weight is 395 g/mol. The number of carbonyl (C=O) groups is 2. The minimum absolute atomic E-state index is 0.0959. The Bertz CT molecular complexity index is 1030. The molecule has 144 valence electrons. The Morgan fingerprint density at radius 2 is 2.00 bits per heavy atom. The van der Waals surface area contributed by atoms with Crippen molar-refractivity contribution in [2.45, 2.75) is 31.2 Å². The number of hydrogen-bond donors (Lipinski definition) is 2. The number of para-hydroxylation sites is 2. The molecule has 2 amide bonds. The summed E-state index contributed by atoms with van der Waals surface area (Å²) in [6.45, 7) is 0.176. The maximum absolute atomic E-state index is 12.7. The Morgan fingerprint density at radius 1 is 1.18 bits per heavy atom. The Labute approximate surface area is 167 Å². The molecule has 1 heterocycles. The van der Waals surface area contributed by atoms with Gasteiger partial charge in [-0.05, 0) is 49.4 Å². The number of amides is 2. The van der Waals surface area contributed by atoms with E-state index in [-0.39, 0.29) is 18.4 Å². The molecule has 28 heavy (non-hydrogen) atoms. The number of rotatable bonds is 7. The van der Waals surface area contributed by atoms with Crippen LogP contribution in [0.3, 0.4) is 0 Å². The molecule has 0 radical (unpaired) electrons. The molecule has 2 aromatic carbocycles. The maximum Gasteiger partial charge on any atom is 0.251 e. The number of anilines is 1. The van der Waals surface area contributed by atoms with Crippen LogP contribution in [-0.4, -0.2) is 33.7 Å². The summed E-state index contributed by atoms with van der Waals surface area (Å²) in [5, 5.41) is 5.87. The zero-order valence-corrected chi connectivity index (χ0v) is 16.5. The standard InChI is InChI=1S/C21H22N4O2S/c1-28-13-19-24-17-7-2-3-8-18(17)25(19)12-20(26)22-16-6-4-5-14(11-16)21(27)23-15-9-10-15/h2-8,11,15H,9-10,12-13H2,1H3,(H,22,26)(H,23,27). The minimum atomic E-state index is -0.148. The molecule has 0 spiro atoms. The summed E-state index contributed by atoms with van der Waals surface area (Å²) >= 11 is 1.67. The topological polar surface area (TPSA) is 76.0 Å². The third kappa shape index (κ3) is 4.20. The van der Waals surface area contributed by atoms with Gasteiger partial charge in [-0.3, -0.25) is 9.59 Å². The highest BCUT2D eigenvalue weighted by molar-refractivity contribution is 7.97. The number of nitrogens with zero attached hydrogens (tertiary/aromatic N) is 2. The summed E-state index contributed by atoms with van der Waals surface area (Å²) in [5.74, 6) is 1.37. The number of benzene rings is 2. The van der Waals surface area contributed by atoms with Crippen molar-refractivity contribution in [1.29, 1.82) is 0 Å².